The first-order valence-corrected chi connectivity index (χ1v) is 9.58. The van der Waals surface area contributed by atoms with E-state index in [2.05, 4.69) is 4.98 Å². The molecule has 5 nitrogen and oxygen atoms in total. The van der Waals surface area contributed by atoms with E-state index in [4.69, 9.17) is 15.7 Å². The summed E-state index contributed by atoms with van der Waals surface area (Å²) in [6.45, 7) is 1.55. The summed E-state index contributed by atoms with van der Waals surface area (Å²) < 4.78 is 5.32. The van der Waals surface area contributed by atoms with E-state index in [1.165, 1.54) is 11.8 Å². The predicted octanol–water partition coefficient (Wildman–Crippen LogP) is 4.33. The number of nitrogens with zero attached hydrogens (tertiary/aromatic N) is 2. The fourth-order valence-electron chi connectivity index (χ4n) is 2.82. The topological polar surface area (TPSA) is 89.0 Å². The van der Waals surface area contributed by atoms with Gasteiger partial charge in [0.1, 0.15) is 17.4 Å². The van der Waals surface area contributed by atoms with Crippen molar-refractivity contribution in [2.75, 3.05) is 12.9 Å². The maximum atomic E-state index is 12.3. The van der Waals surface area contributed by atoms with Gasteiger partial charge in [0.25, 0.3) is 0 Å². The number of ether oxygens (including phenoxy) is 1. The second-order valence-corrected chi connectivity index (χ2v) is 7.13. The minimum atomic E-state index is -0.304. The monoisotopic (exact) mass is 389 g/mol. The molecule has 140 valence electrons. The van der Waals surface area contributed by atoms with Crippen LogP contribution in [0.4, 0.5) is 0 Å². The van der Waals surface area contributed by atoms with Gasteiger partial charge in [0.2, 0.25) is 0 Å². The van der Waals surface area contributed by atoms with Crippen LogP contribution in [0.3, 0.4) is 0 Å². The highest BCUT2D eigenvalue weighted by Crippen LogP contribution is 2.33. The van der Waals surface area contributed by atoms with Crippen LogP contribution in [0.25, 0.3) is 22.0 Å². The van der Waals surface area contributed by atoms with Crippen molar-refractivity contribution in [3.8, 4) is 22.9 Å². The molecule has 0 aliphatic carbocycles. The number of aromatic nitrogens is 1. The summed E-state index contributed by atoms with van der Waals surface area (Å²) in [6.07, 6.45) is 0. The number of nitriles is 1. The largest absolute Gasteiger partial charge is 0.497 e. The quantitative estimate of drug-likeness (QED) is 0.383. The van der Waals surface area contributed by atoms with Gasteiger partial charge in [0, 0.05) is 17.1 Å². The summed E-state index contributed by atoms with van der Waals surface area (Å²) in [6, 6.07) is 19.6. The highest BCUT2D eigenvalue weighted by atomic mass is 32.2. The average Bonchev–Trinajstić information content (AvgIpc) is 2.72. The van der Waals surface area contributed by atoms with Crippen molar-refractivity contribution in [1.82, 2.24) is 4.98 Å². The molecule has 1 heterocycles. The Morgan fingerprint density at radius 1 is 1.21 bits per heavy atom. The van der Waals surface area contributed by atoms with Gasteiger partial charge in [-0.2, -0.15) is 5.26 Å². The molecule has 0 fully saturated rings. The van der Waals surface area contributed by atoms with Gasteiger partial charge in [0.05, 0.1) is 23.4 Å². The van der Waals surface area contributed by atoms with E-state index < -0.39 is 0 Å². The Kier molecular flexibility index (Phi) is 5.97. The SMILES string of the molecule is COc1ccc2c(-c3ccccc3)cc(SCC(=O)/C(C#N)=C(/C)N)nc2c1. The number of hydrogen-bond donors (Lipinski definition) is 1. The van der Waals surface area contributed by atoms with Crippen molar-refractivity contribution in [2.24, 2.45) is 5.73 Å². The number of nitrogens with two attached hydrogens (primary N) is 1. The van der Waals surface area contributed by atoms with E-state index in [-0.39, 0.29) is 22.8 Å². The Hall–Kier alpha value is -3.30. The third-order valence-electron chi connectivity index (χ3n) is 4.21. The smallest absolute Gasteiger partial charge is 0.185 e. The number of pyridine rings is 1. The number of methoxy groups -OCH3 is 1. The van der Waals surface area contributed by atoms with Gasteiger partial charge in [0.15, 0.2) is 5.78 Å². The zero-order valence-electron chi connectivity index (χ0n) is 15.6. The number of hydrogen-bond acceptors (Lipinski definition) is 6. The number of carbonyl (C=O) groups excluding carboxylic acids is 1. The molecule has 0 aliphatic rings. The Morgan fingerprint density at radius 3 is 2.61 bits per heavy atom. The van der Waals surface area contributed by atoms with Crippen LogP contribution in [-0.4, -0.2) is 23.6 Å². The van der Waals surface area contributed by atoms with E-state index >= 15 is 0 Å². The highest BCUT2D eigenvalue weighted by molar-refractivity contribution is 7.99. The Bertz CT molecular complexity index is 1100. The van der Waals surface area contributed by atoms with Crippen molar-refractivity contribution in [3.05, 3.63) is 65.9 Å². The molecule has 2 aromatic carbocycles. The molecule has 1 aromatic heterocycles. The Morgan fingerprint density at radius 2 is 1.96 bits per heavy atom. The van der Waals surface area contributed by atoms with Gasteiger partial charge >= 0.3 is 0 Å². The molecule has 0 amide bonds. The van der Waals surface area contributed by atoms with E-state index in [1.54, 1.807) is 14.0 Å². The summed E-state index contributed by atoms with van der Waals surface area (Å²) in [5.74, 6) is 0.501. The number of ketones is 1. The number of fused-ring (bicyclic) bond motifs is 1. The first-order valence-electron chi connectivity index (χ1n) is 8.60. The number of thioether (sulfide) groups is 1. The normalized spacial score (nSPS) is 11.6. The van der Waals surface area contributed by atoms with Gasteiger partial charge < -0.3 is 10.5 Å². The molecular formula is C22H19N3O2S. The molecule has 0 bridgehead atoms. The van der Waals surface area contributed by atoms with E-state index in [1.807, 2.05) is 60.7 Å². The lowest BCUT2D eigenvalue weighted by Crippen LogP contribution is -2.10. The lowest BCUT2D eigenvalue weighted by molar-refractivity contribution is -0.112. The molecule has 0 saturated heterocycles. The third-order valence-corrected chi connectivity index (χ3v) is 5.13. The second-order valence-electron chi connectivity index (χ2n) is 6.14. The van der Waals surface area contributed by atoms with Gasteiger partial charge in [-0.05, 0) is 36.2 Å². The summed E-state index contributed by atoms with van der Waals surface area (Å²) in [5, 5.41) is 10.8. The summed E-state index contributed by atoms with van der Waals surface area (Å²) >= 11 is 1.28. The lowest BCUT2D eigenvalue weighted by atomic mass is 10.0. The fourth-order valence-corrected chi connectivity index (χ4v) is 3.61. The van der Waals surface area contributed by atoms with Crippen LogP contribution >= 0.6 is 11.8 Å². The lowest BCUT2D eigenvalue weighted by Gasteiger charge is -2.11. The molecule has 0 saturated carbocycles. The van der Waals surface area contributed by atoms with Crippen LogP contribution in [0.1, 0.15) is 6.92 Å². The summed E-state index contributed by atoms with van der Waals surface area (Å²) in [7, 11) is 1.61. The number of Topliss-reactive ketones (excluding diaryl/α,β-unsaturated/α-hetero) is 1. The van der Waals surface area contributed by atoms with Crippen molar-refractivity contribution >= 4 is 28.4 Å². The van der Waals surface area contributed by atoms with Crippen molar-refractivity contribution in [3.63, 3.8) is 0 Å². The van der Waals surface area contributed by atoms with Crippen molar-refractivity contribution < 1.29 is 9.53 Å². The molecule has 0 radical (unpaired) electrons. The van der Waals surface area contributed by atoms with Crippen LogP contribution in [0.5, 0.6) is 5.75 Å². The van der Waals surface area contributed by atoms with Crippen molar-refractivity contribution in [1.29, 1.82) is 5.26 Å². The number of carbonyl (C=O) groups is 1. The maximum absolute atomic E-state index is 12.3. The molecule has 28 heavy (non-hydrogen) atoms. The highest BCUT2D eigenvalue weighted by Gasteiger charge is 2.14. The molecule has 0 aliphatic heterocycles. The zero-order valence-corrected chi connectivity index (χ0v) is 16.4. The van der Waals surface area contributed by atoms with Crippen LogP contribution in [0, 0.1) is 11.3 Å². The molecule has 3 aromatic rings. The van der Waals surface area contributed by atoms with Gasteiger partial charge in [-0.15, -0.1) is 0 Å². The minimum absolute atomic E-state index is 0.00163. The van der Waals surface area contributed by atoms with Crippen LogP contribution in [0.2, 0.25) is 0 Å². The van der Waals surface area contributed by atoms with Crippen molar-refractivity contribution in [2.45, 2.75) is 11.9 Å². The van der Waals surface area contributed by atoms with E-state index in [0.29, 0.717) is 10.8 Å². The maximum Gasteiger partial charge on any atom is 0.185 e. The molecule has 6 heteroatoms. The van der Waals surface area contributed by atoms with Crippen LogP contribution in [-0.2, 0) is 4.79 Å². The molecule has 0 atom stereocenters. The standard InChI is InChI=1S/C22H19N3O2S/c1-14(24)19(12-23)21(26)13-28-22-11-18(15-6-4-3-5-7-15)17-9-8-16(27-2)10-20(17)25-22/h3-11H,13,24H2,1-2H3/b19-14-. The van der Waals surface area contributed by atoms with Gasteiger partial charge in [-0.25, -0.2) is 4.98 Å². The summed E-state index contributed by atoms with van der Waals surface area (Å²) in [4.78, 5) is 17.0. The Labute approximate surface area is 167 Å². The van der Waals surface area contributed by atoms with E-state index in [0.717, 1.165) is 22.0 Å². The predicted molar refractivity (Wildman–Crippen MR) is 112 cm³/mol. The molecule has 0 unspecified atom stereocenters. The van der Waals surface area contributed by atoms with Crippen LogP contribution in [0.15, 0.2) is 70.9 Å². The number of benzene rings is 2. The Balaban J connectivity index is 2.02. The molecule has 3 rings (SSSR count). The van der Waals surface area contributed by atoms with Gasteiger partial charge in [-0.1, -0.05) is 42.1 Å². The molecule has 0 spiro atoms. The number of allylic oxidation sites excluding steroid dienone is 2. The molecule has 2 N–H and O–H groups in total. The van der Waals surface area contributed by atoms with Crippen LogP contribution < -0.4 is 10.5 Å². The zero-order chi connectivity index (χ0) is 20.1. The first-order chi connectivity index (χ1) is 13.5. The summed E-state index contributed by atoms with van der Waals surface area (Å²) in [5.41, 5.74) is 8.71. The third kappa shape index (κ3) is 4.16. The first kappa shape index (κ1) is 19.5. The fraction of sp³-hybridized carbons (Fsp3) is 0.136. The van der Waals surface area contributed by atoms with Gasteiger partial charge in [-0.3, -0.25) is 4.79 Å². The second kappa shape index (κ2) is 8.59. The minimum Gasteiger partial charge on any atom is -0.497 e. The molecular weight excluding hydrogens is 370 g/mol. The average molecular weight is 389 g/mol. The van der Waals surface area contributed by atoms with E-state index in [9.17, 15) is 4.79 Å². The number of rotatable bonds is 6.